The molecule has 1 aromatic rings. The molecule has 78 valence electrons. The predicted molar refractivity (Wildman–Crippen MR) is 44.8 cm³/mol. The van der Waals surface area contributed by atoms with E-state index in [1.54, 1.807) is 0 Å². The summed E-state index contributed by atoms with van der Waals surface area (Å²) in [6.45, 7) is 0. The minimum Gasteiger partial charge on any atom is -0.320 e. The van der Waals surface area contributed by atoms with Gasteiger partial charge in [-0.15, -0.1) is 0 Å². The molecule has 0 spiro atoms. The highest BCUT2D eigenvalue weighted by atomic mass is 35.5. The molecular formula is C7H7ClF3N3. The number of hydrogen-bond donors (Lipinski definition) is 1. The molecule has 0 aliphatic heterocycles. The number of nitrogens with two attached hydrogens (primary N) is 1. The van der Waals surface area contributed by atoms with E-state index in [9.17, 15) is 13.2 Å². The molecule has 0 radical (unpaired) electrons. The fraction of sp³-hybridized carbons (Fsp3) is 0.429. The molecule has 0 aliphatic carbocycles. The van der Waals surface area contributed by atoms with E-state index in [4.69, 9.17) is 17.3 Å². The molecule has 0 saturated carbocycles. The van der Waals surface area contributed by atoms with Gasteiger partial charge in [0, 0.05) is 6.42 Å². The Morgan fingerprint density at radius 1 is 1.36 bits per heavy atom. The van der Waals surface area contributed by atoms with Crippen LogP contribution in [0.15, 0.2) is 12.4 Å². The average Bonchev–Trinajstić information content (AvgIpc) is 2.07. The number of hydrogen-bond acceptors (Lipinski definition) is 3. The Bertz CT molecular complexity index is 298. The second kappa shape index (κ2) is 4.10. The molecule has 1 aromatic heterocycles. The topological polar surface area (TPSA) is 51.8 Å². The van der Waals surface area contributed by atoms with Gasteiger partial charge in [-0.25, -0.2) is 4.98 Å². The Balaban J connectivity index is 2.65. The molecule has 0 saturated heterocycles. The van der Waals surface area contributed by atoms with Crippen LogP contribution in [0.5, 0.6) is 0 Å². The lowest BCUT2D eigenvalue weighted by molar-refractivity contribution is -0.147. The van der Waals surface area contributed by atoms with Gasteiger partial charge in [-0.2, -0.15) is 13.2 Å². The van der Waals surface area contributed by atoms with Gasteiger partial charge < -0.3 is 5.73 Å². The number of nitrogens with zero attached hydrogens (tertiary/aromatic N) is 2. The molecule has 0 aromatic carbocycles. The molecule has 0 aliphatic rings. The van der Waals surface area contributed by atoms with Crippen LogP contribution in [0.25, 0.3) is 0 Å². The van der Waals surface area contributed by atoms with Gasteiger partial charge in [0.05, 0.1) is 18.1 Å². The minimum atomic E-state index is -4.42. The predicted octanol–water partition coefficient (Wildman–Crippen LogP) is 1.56. The Hall–Kier alpha value is -0.880. The lowest BCUT2D eigenvalue weighted by Gasteiger charge is -2.14. The molecule has 1 atom stereocenters. The minimum absolute atomic E-state index is 0.134. The van der Waals surface area contributed by atoms with Gasteiger partial charge in [-0.05, 0) is 0 Å². The van der Waals surface area contributed by atoms with E-state index >= 15 is 0 Å². The van der Waals surface area contributed by atoms with Crippen LogP contribution in [-0.2, 0) is 6.42 Å². The maximum Gasteiger partial charge on any atom is 0.404 e. The van der Waals surface area contributed by atoms with Crippen molar-refractivity contribution in [2.45, 2.75) is 18.6 Å². The van der Waals surface area contributed by atoms with Crippen LogP contribution in [0.3, 0.4) is 0 Å². The summed E-state index contributed by atoms with van der Waals surface area (Å²) in [5, 5.41) is 0.134. The summed E-state index contributed by atoms with van der Waals surface area (Å²) in [6.07, 6.45) is -2.46. The highest BCUT2D eigenvalue weighted by molar-refractivity contribution is 6.29. The number of halogens is 4. The van der Waals surface area contributed by atoms with Gasteiger partial charge in [0.1, 0.15) is 11.2 Å². The lowest BCUT2D eigenvalue weighted by atomic mass is 10.2. The van der Waals surface area contributed by atoms with Crippen LogP contribution in [0.4, 0.5) is 13.2 Å². The molecule has 0 bridgehead atoms. The zero-order chi connectivity index (χ0) is 10.8. The van der Waals surface area contributed by atoms with Crippen molar-refractivity contribution in [2.24, 2.45) is 5.73 Å². The first kappa shape index (κ1) is 11.2. The van der Waals surface area contributed by atoms with Crippen LogP contribution in [0, 0.1) is 0 Å². The Morgan fingerprint density at radius 2 is 2.00 bits per heavy atom. The molecule has 1 rings (SSSR count). The average molecular weight is 226 g/mol. The van der Waals surface area contributed by atoms with E-state index < -0.39 is 18.6 Å². The molecule has 1 unspecified atom stereocenters. The monoisotopic (exact) mass is 225 g/mol. The van der Waals surface area contributed by atoms with E-state index in [0.29, 0.717) is 0 Å². The second-order valence-corrected chi connectivity index (χ2v) is 3.07. The smallest absolute Gasteiger partial charge is 0.320 e. The van der Waals surface area contributed by atoms with Gasteiger partial charge >= 0.3 is 6.18 Å². The zero-order valence-electron chi connectivity index (χ0n) is 6.92. The van der Waals surface area contributed by atoms with Crippen molar-refractivity contribution in [1.29, 1.82) is 0 Å². The first-order chi connectivity index (χ1) is 6.39. The van der Waals surface area contributed by atoms with Crippen molar-refractivity contribution in [3.63, 3.8) is 0 Å². The van der Waals surface area contributed by atoms with Crippen molar-refractivity contribution in [2.75, 3.05) is 0 Å². The van der Waals surface area contributed by atoms with Crippen LogP contribution >= 0.6 is 11.6 Å². The highest BCUT2D eigenvalue weighted by Gasteiger charge is 2.36. The summed E-state index contributed by atoms with van der Waals surface area (Å²) in [4.78, 5) is 7.25. The van der Waals surface area contributed by atoms with Crippen LogP contribution in [0.2, 0.25) is 5.15 Å². The van der Waals surface area contributed by atoms with Crippen molar-refractivity contribution in [3.05, 3.63) is 23.2 Å². The van der Waals surface area contributed by atoms with Crippen molar-refractivity contribution < 1.29 is 13.2 Å². The third kappa shape index (κ3) is 3.12. The Morgan fingerprint density at radius 3 is 2.43 bits per heavy atom. The van der Waals surface area contributed by atoms with Crippen molar-refractivity contribution in [1.82, 2.24) is 9.97 Å². The number of rotatable bonds is 2. The fourth-order valence-corrected chi connectivity index (χ4v) is 0.883. The van der Waals surface area contributed by atoms with E-state index in [-0.39, 0.29) is 10.8 Å². The zero-order valence-corrected chi connectivity index (χ0v) is 7.68. The Kier molecular flexibility index (Phi) is 3.28. The fourth-order valence-electron chi connectivity index (χ4n) is 0.785. The van der Waals surface area contributed by atoms with E-state index in [0.717, 1.165) is 0 Å². The van der Waals surface area contributed by atoms with E-state index in [1.807, 2.05) is 0 Å². The molecule has 3 nitrogen and oxygen atoms in total. The standard InChI is InChI=1S/C7H7ClF3N3/c8-6-3-13-4(2-14-6)1-5(12)7(9,10)11/h2-3,5H,1,12H2. The molecule has 0 amide bonds. The summed E-state index contributed by atoms with van der Waals surface area (Å²) in [5.74, 6) is 0. The third-order valence-electron chi connectivity index (χ3n) is 1.52. The van der Waals surface area contributed by atoms with Gasteiger partial charge in [-0.3, -0.25) is 4.98 Å². The number of aromatic nitrogens is 2. The van der Waals surface area contributed by atoms with Gasteiger partial charge in [0.15, 0.2) is 0 Å². The summed E-state index contributed by atoms with van der Waals surface area (Å²) in [7, 11) is 0. The molecular weight excluding hydrogens is 219 g/mol. The third-order valence-corrected chi connectivity index (χ3v) is 1.72. The van der Waals surface area contributed by atoms with Gasteiger partial charge in [0.2, 0.25) is 0 Å². The maximum absolute atomic E-state index is 12.0. The van der Waals surface area contributed by atoms with Gasteiger partial charge in [0.25, 0.3) is 0 Å². The maximum atomic E-state index is 12.0. The highest BCUT2D eigenvalue weighted by Crippen LogP contribution is 2.20. The molecule has 1 heterocycles. The molecule has 2 N–H and O–H groups in total. The largest absolute Gasteiger partial charge is 0.404 e. The van der Waals surface area contributed by atoms with Crippen molar-refractivity contribution in [3.8, 4) is 0 Å². The number of alkyl halides is 3. The van der Waals surface area contributed by atoms with Crippen LogP contribution < -0.4 is 5.73 Å². The van der Waals surface area contributed by atoms with E-state index in [2.05, 4.69) is 9.97 Å². The SMILES string of the molecule is NC(Cc1cnc(Cl)cn1)C(F)(F)F. The van der Waals surface area contributed by atoms with Crippen LogP contribution in [0.1, 0.15) is 5.69 Å². The summed E-state index contributed by atoms with van der Waals surface area (Å²) < 4.78 is 36.0. The Labute approximate surface area is 83.1 Å². The van der Waals surface area contributed by atoms with Crippen LogP contribution in [-0.4, -0.2) is 22.2 Å². The first-order valence-corrected chi connectivity index (χ1v) is 4.06. The molecule has 0 fully saturated rings. The second-order valence-electron chi connectivity index (χ2n) is 2.68. The van der Waals surface area contributed by atoms with Gasteiger partial charge in [-0.1, -0.05) is 11.6 Å². The van der Waals surface area contributed by atoms with Crippen molar-refractivity contribution >= 4 is 11.6 Å². The lowest BCUT2D eigenvalue weighted by Crippen LogP contribution is -2.39. The summed E-state index contributed by atoms with van der Waals surface area (Å²) >= 11 is 5.41. The quantitative estimate of drug-likeness (QED) is 0.831. The normalized spacial score (nSPS) is 14.1. The summed E-state index contributed by atoms with van der Waals surface area (Å²) in [5.41, 5.74) is 5.06. The molecule has 7 heteroatoms. The molecule has 14 heavy (non-hydrogen) atoms. The summed E-state index contributed by atoms with van der Waals surface area (Å²) in [6, 6.07) is -1.92. The first-order valence-electron chi connectivity index (χ1n) is 3.68. The van der Waals surface area contributed by atoms with E-state index in [1.165, 1.54) is 12.4 Å².